The molecule has 1 aromatic rings. The summed E-state index contributed by atoms with van der Waals surface area (Å²) in [6, 6.07) is 5.13. The Hall–Kier alpha value is -2.50. The maximum absolute atomic E-state index is 11.7. The summed E-state index contributed by atoms with van der Waals surface area (Å²) in [5.41, 5.74) is 4.82. The molecule has 2 amide bonds. The molecular weight excluding hydrogens is 258 g/mol. The quantitative estimate of drug-likeness (QED) is 0.817. The fraction of sp³-hybridized carbons (Fsp3) is 0.286. The van der Waals surface area contributed by atoms with E-state index in [0.717, 1.165) is 11.3 Å². The molecule has 0 unspecified atom stereocenters. The fourth-order valence-corrected chi connectivity index (χ4v) is 2.00. The van der Waals surface area contributed by atoms with E-state index in [1.807, 2.05) is 0 Å². The molecule has 2 rings (SSSR count). The Bertz CT molecular complexity index is 620. The molecule has 1 aliphatic heterocycles. The molecular formula is C14H15N3O3. The molecule has 0 atom stereocenters. The first-order valence-electron chi connectivity index (χ1n) is 6.25. The van der Waals surface area contributed by atoms with Crippen molar-refractivity contribution in [3.63, 3.8) is 0 Å². The van der Waals surface area contributed by atoms with Crippen LogP contribution in [0.4, 0.5) is 5.69 Å². The molecule has 2 N–H and O–H groups in total. The second-order valence-corrected chi connectivity index (χ2v) is 4.59. The smallest absolute Gasteiger partial charge is 0.240 e. The first kappa shape index (κ1) is 13.9. The molecule has 0 saturated carbocycles. The Morgan fingerprint density at radius 1 is 1.25 bits per heavy atom. The van der Waals surface area contributed by atoms with Crippen molar-refractivity contribution in [1.82, 2.24) is 5.43 Å². The number of nitrogens with one attached hydrogen (secondary N) is 2. The summed E-state index contributed by atoms with van der Waals surface area (Å²) in [5.74, 6) is -0.492. The molecule has 0 aromatic heterocycles. The van der Waals surface area contributed by atoms with Crippen molar-refractivity contribution in [2.24, 2.45) is 5.10 Å². The summed E-state index contributed by atoms with van der Waals surface area (Å²) in [5, 5.41) is 6.61. The van der Waals surface area contributed by atoms with Gasteiger partial charge in [-0.3, -0.25) is 14.4 Å². The van der Waals surface area contributed by atoms with Crippen molar-refractivity contribution in [3.8, 4) is 0 Å². The Kier molecular flexibility index (Phi) is 3.93. The number of ketones is 1. The highest BCUT2D eigenvalue weighted by Crippen LogP contribution is 2.20. The minimum atomic E-state index is -0.234. The first-order chi connectivity index (χ1) is 9.47. The summed E-state index contributed by atoms with van der Waals surface area (Å²) < 4.78 is 0. The van der Waals surface area contributed by atoms with Crippen molar-refractivity contribution in [2.75, 3.05) is 5.32 Å². The topological polar surface area (TPSA) is 87.6 Å². The molecule has 1 heterocycles. The average molecular weight is 273 g/mol. The SMILES string of the molecule is CC(=O)Nc1ccc(C2=NNC(=O)CC2)cc1C(C)=O. The van der Waals surface area contributed by atoms with E-state index in [1.54, 1.807) is 18.2 Å². The molecule has 6 nitrogen and oxygen atoms in total. The van der Waals surface area contributed by atoms with Crippen LogP contribution in [0.1, 0.15) is 42.6 Å². The first-order valence-corrected chi connectivity index (χ1v) is 6.25. The molecule has 1 aromatic carbocycles. The van der Waals surface area contributed by atoms with E-state index in [-0.39, 0.29) is 17.6 Å². The van der Waals surface area contributed by atoms with Crippen molar-refractivity contribution in [2.45, 2.75) is 26.7 Å². The number of Topliss-reactive ketones (excluding diaryl/α,β-unsaturated/α-hetero) is 1. The predicted molar refractivity (Wildman–Crippen MR) is 74.7 cm³/mol. The lowest BCUT2D eigenvalue weighted by atomic mass is 9.99. The van der Waals surface area contributed by atoms with Gasteiger partial charge in [0.15, 0.2) is 5.78 Å². The van der Waals surface area contributed by atoms with Gasteiger partial charge in [-0.2, -0.15) is 5.10 Å². The van der Waals surface area contributed by atoms with E-state index in [4.69, 9.17) is 0 Å². The average Bonchev–Trinajstić information content (AvgIpc) is 2.39. The number of carbonyl (C=O) groups excluding carboxylic acids is 3. The van der Waals surface area contributed by atoms with Crippen LogP contribution in [0.5, 0.6) is 0 Å². The summed E-state index contributed by atoms with van der Waals surface area (Å²) in [7, 11) is 0. The lowest BCUT2D eigenvalue weighted by molar-refractivity contribution is -0.121. The van der Waals surface area contributed by atoms with Crippen LogP contribution in [0.25, 0.3) is 0 Å². The van der Waals surface area contributed by atoms with E-state index >= 15 is 0 Å². The van der Waals surface area contributed by atoms with Crippen LogP contribution in [0, 0.1) is 0 Å². The van der Waals surface area contributed by atoms with Gasteiger partial charge in [0.1, 0.15) is 0 Å². The van der Waals surface area contributed by atoms with E-state index in [2.05, 4.69) is 15.8 Å². The fourth-order valence-electron chi connectivity index (χ4n) is 2.00. The number of rotatable bonds is 3. The van der Waals surface area contributed by atoms with Crippen molar-refractivity contribution >= 4 is 29.0 Å². The molecule has 0 spiro atoms. The van der Waals surface area contributed by atoms with Crippen LogP contribution < -0.4 is 10.7 Å². The minimum Gasteiger partial charge on any atom is -0.326 e. The van der Waals surface area contributed by atoms with Gasteiger partial charge in [-0.05, 0) is 24.6 Å². The van der Waals surface area contributed by atoms with E-state index in [9.17, 15) is 14.4 Å². The summed E-state index contributed by atoms with van der Waals surface area (Å²) >= 11 is 0. The Balaban J connectivity index is 2.37. The number of benzene rings is 1. The summed E-state index contributed by atoms with van der Waals surface area (Å²) in [6.07, 6.45) is 0.907. The Morgan fingerprint density at radius 2 is 2.00 bits per heavy atom. The molecule has 0 saturated heterocycles. The highest BCUT2D eigenvalue weighted by molar-refractivity contribution is 6.09. The standard InChI is InChI=1S/C14H15N3O3/c1-8(18)11-7-10(3-4-13(11)15-9(2)19)12-5-6-14(20)17-16-12/h3-4,7H,5-6H2,1-2H3,(H,15,19)(H,17,20). The summed E-state index contributed by atoms with van der Waals surface area (Å²) in [4.78, 5) is 33.9. The highest BCUT2D eigenvalue weighted by atomic mass is 16.2. The number of hydrogen-bond donors (Lipinski definition) is 2. The largest absolute Gasteiger partial charge is 0.326 e. The molecule has 0 fully saturated rings. The van der Waals surface area contributed by atoms with Crippen molar-refractivity contribution < 1.29 is 14.4 Å². The normalized spacial score (nSPS) is 14.3. The molecule has 104 valence electrons. The third kappa shape index (κ3) is 3.09. The second kappa shape index (κ2) is 5.64. The van der Waals surface area contributed by atoms with Crippen LogP contribution in [0.15, 0.2) is 23.3 Å². The van der Waals surface area contributed by atoms with Gasteiger partial charge in [0.25, 0.3) is 0 Å². The molecule has 6 heteroatoms. The third-order valence-corrected chi connectivity index (χ3v) is 2.95. The van der Waals surface area contributed by atoms with Gasteiger partial charge in [-0.25, -0.2) is 5.43 Å². The molecule has 20 heavy (non-hydrogen) atoms. The zero-order chi connectivity index (χ0) is 14.7. The van der Waals surface area contributed by atoms with Crippen LogP contribution in [-0.2, 0) is 9.59 Å². The van der Waals surface area contributed by atoms with Crippen molar-refractivity contribution in [1.29, 1.82) is 0 Å². The zero-order valence-electron chi connectivity index (χ0n) is 11.3. The van der Waals surface area contributed by atoms with Crippen LogP contribution in [-0.4, -0.2) is 23.3 Å². The number of nitrogens with zero attached hydrogens (tertiary/aromatic N) is 1. The maximum Gasteiger partial charge on any atom is 0.240 e. The number of carbonyl (C=O) groups is 3. The molecule has 0 aliphatic carbocycles. The van der Waals surface area contributed by atoms with Gasteiger partial charge in [0.2, 0.25) is 11.8 Å². The lowest BCUT2D eigenvalue weighted by Crippen LogP contribution is -2.26. The second-order valence-electron chi connectivity index (χ2n) is 4.59. The maximum atomic E-state index is 11.7. The third-order valence-electron chi connectivity index (χ3n) is 2.95. The molecule has 0 radical (unpaired) electrons. The zero-order valence-corrected chi connectivity index (χ0v) is 11.3. The van der Waals surface area contributed by atoms with Crippen molar-refractivity contribution in [3.05, 3.63) is 29.3 Å². The van der Waals surface area contributed by atoms with Crippen LogP contribution >= 0.6 is 0 Å². The monoisotopic (exact) mass is 273 g/mol. The van der Waals surface area contributed by atoms with Gasteiger partial charge < -0.3 is 5.32 Å². The number of hydrazone groups is 1. The predicted octanol–water partition coefficient (Wildman–Crippen LogP) is 1.46. The van der Waals surface area contributed by atoms with Gasteiger partial charge in [0, 0.05) is 25.3 Å². The van der Waals surface area contributed by atoms with Crippen LogP contribution in [0.3, 0.4) is 0 Å². The lowest BCUT2D eigenvalue weighted by Gasteiger charge is -2.14. The van der Waals surface area contributed by atoms with Gasteiger partial charge in [-0.1, -0.05) is 6.07 Å². The summed E-state index contributed by atoms with van der Waals surface area (Å²) in [6.45, 7) is 2.83. The van der Waals surface area contributed by atoms with Gasteiger partial charge in [0.05, 0.1) is 11.4 Å². The Labute approximate surface area is 116 Å². The van der Waals surface area contributed by atoms with E-state index < -0.39 is 0 Å². The molecule has 1 aliphatic rings. The van der Waals surface area contributed by atoms with Crippen LogP contribution in [0.2, 0.25) is 0 Å². The highest BCUT2D eigenvalue weighted by Gasteiger charge is 2.16. The minimum absolute atomic E-state index is 0.115. The van der Waals surface area contributed by atoms with E-state index in [1.165, 1.54) is 13.8 Å². The van der Waals surface area contributed by atoms with Gasteiger partial charge >= 0.3 is 0 Å². The number of anilines is 1. The molecule has 0 bridgehead atoms. The van der Waals surface area contributed by atoms with E-state index in [0.29, 0.717) is 24.1 Å². The van der Waals surface area contributed by atoms with Gasteiger partial charge in [-0.15, -0.1) is 0 Å². The number of hydrogen-bond acceptors (Lipinski definition) is 4. The number of amides is 2. The Morgan fingerprint density at radius 3 is 2.55 bits per heavy atom.